The highest BCUT2D eigenvalue weighted by atomic mass is 79.9. The van der Waals surface area contributed by atoms with Crippen LogP contribution in [0, 0.1) is 0 Å². The van der Waals surface area contributed by atoms with Crippen LogP contribution in [0.5, 0.6) is 0 Å². The Morgan fingerprint density at radius 1 is 0.933 bits per heavy atom. The molecular formula is C22H18BrN5OS. The summed E-state index contributed by atoms with van der Waals surface area (Å²) in [5, 5.41) is 11.3. The van der Waals surface area contributed by atoms with E-state index >= 15 is 0 Å². The topological polar surface area (TPSA) is 85.8 Å². The quantitative estimate of drug-likeness (QED) is 0.303. The minimum absolute atomic E-state index is 0.164. The van der Waals surface area contributed by atoms with Gasteiger partial charge in [-0.2, -0.15) is 0 Å². The fourth-order valence-electron chi connectivity index (χ4n) is 2.92. The van der Waals surface area contributed by atoms with Crippen molar-refractivity contribution in [3.8, 4) is 11.4 Å². The predicted octanol–water partition coefficient (Wildman–Crippen LogP) is 4.89. The Kier molecular flexibility index (Phi) is 6.15. The first-order chi connectivity index (χ1) is 14.6. The molecule has 3 aromatic carbocycles. The van der Waals surface area contributed by atoms with Crippen LogP contribution in [0.15, 0.2) is 94.6 Å². The molecule has 0 radical (unpaired) electrons. The Hall–Kier alpha value is -3.10. The molecule has 0 saturated carbocycles. The molecule has 4 aromatic rings. The van der Waals surface area contributed by atoms with Crippen LogP contribution in [-0.2, 0) is 4.79 Å². The highest BCUT2D eigenvalue weighted by Gasteiger charge is 2.26. The smallest absolute Gasteiger partial charge is 0.242 e. The van der Waals surface area contributed by atoms with Gasteiger partial charge in [0.25, 0.3) is 0 Å². The number of hydrogen-bond donors (Lipinski definition) is 2. The summed E-state index contributed by atoms with van der Waals surface area (Å²) in [5.74, 6) is 6.65. The molecule has 1 heterocycles. The van der Waals surface area contributed by atoms with E-state index in [-0.39, 0.29) is 5.91 Å². The Balaban J connectivity index is 1.64. The van der Waals surface area contributed by atoms with Crippen molar-refractivity contribution >= 4 is 39.3 Å². The van der Waals surface area contributed by atoms with Crippen LogP contribution in [-0.4, -0.2) is 20.8 Å². The number of amides is 1. The van der Waals surface area contributed by atoms with Crippen LogP contribution in [0.2, 0.25) is 0 Å². The zero-order chi connectivity index (χ0) is 20.9. The van der Waals surface area contributed by atoms with E-state index in [1.165, 1.54) is 16.4 Å². The van der Waals surface area contributed by atoms with E-state index in [1.54, 1.807) is 0 Å². The number of carbonyl (C=O) groups excluding carboxylic acids is 1. The van der Waals surface area contributed by atoms with Gasteiger partial charge in [0.05, 0.1) is 0 Å². The van der Waals surface area contributed by atoms with E-state index in [1.807, 2.05) is 84.9 Å². The van der Waals surface area contributed by atoms with Crippen molar-refractivity contribution in [1.82, 2.24) is 14.9 Å². The molecule has 150 valence electrons. The van der Waals surface area contributed by atoms with E-state index in [2.05, 4.69) is 31.4 Å². The summed E-state index contributed by atoms with van der Waals surface area (Å²) in [6, 6.07) is 26.5. The van der Waals surface area contributed by atoms with Gasteiger partial charge in [-0.15, -0.1) is 10.2 Å². The Morgan fingerprint density at radius 2 is 1.57 bits per heavy atom. The third-order valence-corrected chi connectivity index (χ3v) is 6.29. The fourth-order valence-corrected chi connectivity index (χ4v) is 4.34. The van der Waals surface area contributed by atoms with E-state index in [9.17, 15) is 4.79 Å². The third kappa shape index (κ3) is 4.39. The fraction of sp³-hybridized carbons (Fsp3) is 0.0455. The second-order valence-electron chi connectivity index (χ2n) is 6.42. The van der Waals surface area contributed by atoms with Crippen LogP contribution >= 0.6 is 27.7 Å². The van der Waals surface area contributed by atoms with Gasteiger partial charge < -0.3 is 11.2 Å². The van der Waals surface area contributed by atoms with Crippen molar-refractivity contribution in [2.24, 2.45) is 0 Å². The maximum absolute atomic E-state index is 13.1. The van der Waals surface area contributed by atoms with Crippen LogP contribution in [0.1, 0.15) is 10.8 Å². The Morgan fingerprint density at radius 3 is 2.27 bits per heavy atom. The number of aromatic nitrogens is 3. The summed E-state index contributed by atoms with van der Waals surface area (Å²) in [6.07, 6.45) is 0. The number of para-hydroxylation sites is 1. The second-order valence-corrected chi connectivity index (χ2v) is 8.35. The molecule has 0 spiro atoms. The lowest BCUT2D eigenvalue weighted by Gasteiger charge is -2.16. The van der Waals surface area contributed by atoms with E-state index in [0.29, 0.717) is 11.0 Å². The average molecular weight is 480 g/mol. The van der Waals surface area contributed by atoms with Gasteiger partial charge in [-0.25, -0.2) is 4.68 Å². The van der Waals surface area contributed by atoms with Gasteiger partial charge in [-0.3, -0.25) is 4.79 Å². The number of carbonyl (C=O) groups is 1. The van der Waals surface area contributed by atoms with Gasteiger partial charge in [0, 0.05) is 15.7 Å². The lowest BCUT2D eigenvalue weighted by Crippen LogP contribution is -2.20. The van der Waals surface area contributed by atoms with Crippen molar-refractivity contribution in [1.29, 1.82) is 0 Å². The largest absolute Gasteiger partial charge is 0.335 e. The number of nitrogens with two attached hydrogens (primary N) is 1. The van der Waals surface area contributed by atoms with Crippen molar-refractivity contribution < 1.29 is 4.79 Å². The number of halogens is 1. The number of hydrogen-bond acceptors (Lipinski definition) is 5. The van der Waals surface area contributed by atoms with Gasteiger partial charge >= 0.3 is 0 Å². The predicted molar refractivity (Wildman–Crippen MR) is 123 cm³/mol. The molecule has 1 amide bonds. The number of benzene rings is 3. The summed E-state index contributed by atoms with van der Waals surface area (Å²) in [6.45, 7) is 0. The zero-order valence-corrected chi connectivity index (χ0v) is 18.2. The van der Waals surface area contributed by atoms with Crippen molar-refractivity contribution in [2.45, 2.75) is 10.4 Å². The molecule has 0 aliphatic heterocycles. The first kappa shape index (κ1) is 20.2. The minimum Gasteiger partial charge on any atom is -0.335 e. The molecule has 6 nitrogen and oxygen atoms in total. The summed E-state index contributed by atoms with van der Waals surface area (Å²) in [4.78, 5) is 13.1. The highest BCUT2D eigenvalue weighted by molar-refractivity contribution is 9.10. The first-order valence-electron chi connectivity index (χ1n) is 9.16. The monoisotopic (exact) mass is 479 g/mol. The van der Waals surface area contributed by atoms with Crippen molar-refractivity contribution in [3.05, 3.63) is 95.0 Å². The number of nitrogens with zero attached hydrogens (tertiary/aromatic N) is 3. The number of nitrogen functional groups attached to an aromatic ring is 1. The highest BCUT2D eigenvalue weighted by Crippen LogP contribution is 2.36. The molecule has 0 bridgehead atoms. The lowest BCUT2D eigenvalue weighted by molar-refractivity contribution is -0.115. The average Bonchev–Trinajstić information content (AvgIpc) is 3.13. The molecule has 30 heavy (non-hydrogen) atoms. The van der Waals surface area contributed by atoms with E-state index < -0.39 is 5.25 Å². The third-order valence-electron chi connectivity index (χ3n) is 4.38. The van der Waals surface area contributed by atoms with Crippen molar-refractivity contribution in [3.63, 3.8) is 0 Å². The maximum Gasteiger partial charge on any atom is 0.242 e. The summed E-state index contributed by atoms with van der Waals surface area (Å²) in [7, 11) is 0. The Labute approximate surface area is 186 Å². The maximum atomic E-state index is 13.1. The molecule has 4 rings (SSSR count). The summed E-state index contributed by atoms with van der Waals surface area (Å²) in [5.41, 5.74) is 2.40. The SMILES string of the molecule is Nn1c(SC(C(=O)Nc2ccccc2)c2ccccc2)nnc1-c1ccccc1Br. The molecule has 1 unspecified atom stereocenters. The first-order valence-corrected chi connectivity index (χ1v) is 10.8. The van der Waals surface area contributed by atoms with Crippen LogP contribution < -0.4 is 11.2 Å². The molecule has 1 atom stereocenters. The van der Waals surface area contributed by atoms with Gasteiger partial charge in [-0.1, -0.05) is 88.4 Å². The Bertz CT molecular complexity index is 1150. The molecule has 0 fully saturated rings. The van der Waals surface area contributed by atoms with Gasteiger partial charge in [0.15, 0.2) is 5.82 Å². The van der Waals surface area contributed by atoms with E-state index in [4.69, 9.17) is 5.84 Å². The molecule has 3 N–H and O–H groups in total. The van der Waals surface area contributed by atoms with E-state index in [0.717, 1.165) is 21.3 Å². The molecule has 8 heteroatoms. The lowest BCUT2D eigenvalue weighted by atomic mass is 10.1. The number of rotatable bonds is 6. The molecular weight excluding hydrogens is 462 g/mol. The normalized spacial score (nSPS) is 11.8. The van der Waals surface area contributed by atoms with Gasteiger partial charge in [-0.05, 0) is 29.8 Å². The molecule has 0 aliphatic carbocycles. The molecule has 0 saturated heterocycles. The number of thioether (sulfide) groups is 1. The van der Waals surface area contributed by atoms with Crippen LogP contribution in [0.25, 0.3) is 11.4 Å². The minimum atomic E-state index is -0.551. The number of anilines is 1. The zero-order valence-electron chi connectivity index (χ0n) is 15.8. The molecule has 0 aliphatic rings. The van der Waals surface area contributed by atoms with Gasteiger partial charge in [0.1, 0.15) is 5.25 Å². The summed E-state index contributed by atoms with van der Waals surface area (Å²) >= 11 is 4.77. The van der Waals surface area contributed by atoms with Crippen molar-refractivity contribution in [2.75, 3.05) is 11.2 Å². The van der Waals surface area contributed by atoms with Crippen LogP contribution in [0.3, 0.4) is 0 Å². The number of nitrogens with one attached hydrogen (secondary N) is 1. The standard InChI is InChI=1S/C22H18BrN5OS/c23-18-14-8-7-13-17(18)20-26-27-22(28(20)24)30-19(15-9-3-1-4-10-15)21(29)25-16-11-5-2-6-12-16/h1-14,19H,24H2,(H,25,29). The molecule has 1 aromatic heterocycles. The second kappa shape index (κ2) is 9.15. The summed E-state index contributed by atoms with van der Waals surface area (Å²) < 4.78 is 2.28. The van der Waals surface area contributed by atoms with Crippen LogP contribution in [0.4, 0.5) is 5.69 Å². The van der Waals surface area contributed by atoms with Gasteiger partial charge in [0.2, 0.25) is 11.1 Å².